The molecule has 4 rings (SSSR count). The zero-order valence-electron chi connectivity index (χ0n) is 14.8. The number of hydrogen-bond donors (Lipinski definition) is 1. The van der Waals surface area contributed by atoms with Crippen molar-refractivity contribution in [2.75, 3.05) is 13.1 Å². The lowest BCUT2D eigenvalue weighted by atomic mass is 9.98. The first-order valence-electron chi connectivity index (χ1n) is 9.07. The molecule has 1 aromatic heterocycles. The van der Waals surface area contributed by atoms with E-state index in [9.17, 15) is 9.59 Å². The fraction of sp³-hybridized carbons (Fsp3) is 0.227. The molecule has 0 bridgehead atoms. The van der Waals surface area contributed by atoms with Crippen molar-refractivity contribution >= 4 is 22.6 Å². The van der Waals surface area contributed by atoms with Gasteiger partial charge in [0.05, 0.1) is 5.56 Å². The van der Waals surface area contributed by atoms with E-state index in [4.69, 9.17) is 5.11 Å². The summed E-state index contributed by atoms with van der Waals surface area (Å²) < 4.78 is 0. The lowest BCUT2D eigenvalue weighted by molar-refractivity contribution is 0.0696. The van der Waals surface area contributed by atoms with Crippen molar-refractivity contribution in [1.29, 1.82) is 0 Å². The predicted molar refractivity (Wildman–Crippen MR) is 103 cm³/mol. The molecule has 27 heavy (non-hydrogen) atoms. The van der Waals surface area contributed by atoms with Gasteiger partial charge in [0.2, 0.25) is 0 Å². The van der Waals surface area contributed by atoms with Crippen molar-refractivity contribution in [3.8, 4) is 0 Å². The molecule has 136 valence electrons. The van der Waals surface area contributed by atoms with Crippen LogP contribution < -0.4 is 0 Å². The minimum Gasteiger partial charge on any atom is -0.478 e. The molecule has 0 unspecified atom stereocenters. The normalized spacial score (nSPS) is 16.6. The molecule has 2 heterocycles. The number of carboxylic acid groups (broad SMARTS) is 1. The molecule has 3 aromatic rings. The van der Waals surface area contributed by atoms with Crippen molar-refractivity contribution in [3.05, 3.63) is 77.6 Å². The van der Waals surface area contributed by atoms with Crippen LogP contribution in [-0.2, 0) is 6.42 Å². The van der Waals surface area contributed by atoms with Gasteiger partial charge >= 0.3 is 5.97 Å². The van der Waals surface area contributed by atoms with Crippen molar-refractivity contribution in [1.82, 2.24) is 9.88 Å². The topological polar surface area (TPSA) is 70.5 Å². The van der Waals surface area contributed by atoms with Crippen LogP contribution in [0.3, 0.4) is 0 Å². The van der Waals surface area contributed by atoms with E-state index in [1.807, 2.05) is 47.4 Å². The van der Waals surface area contributed by atoms with E-state index >= 15 is 0 Å². The van der Waals surface area contributed by atoms with E-state index in [0.717, 1.165) is 35.7 Å². The maximum absolute atomic E-state index is 13.0. The number of hydrogen-bond acceptors (Lipinski definition) is 3. The largest absolute Gasteiger partial charge is 0.478 e. The minimum atomic E-state index is -0.915. The maximum atomic E-state index is 13.0. The Kier molecular flexibility index (Phi) is 4.59. The van der Waals surface area contributed by atoms with E-state index in [2.05, 4.69) is 4.98 Å². The fourth-order valence-electron chi connectivity index (χ4n) is 3.74. The first kappa shape index (κ1) is 17.2. The number of amides is 1. The number of fused-ring (bicyclic) bond motifs is 1. The van der Waals surface area contributed by atoms with Gasteiger partial charge < -0.3 is 10.0 Å². The van der Waals surface area contributed by atoms with Gasteiger partial charge in [-0.25, -0.2) is 4.79 Å². The van der Waals surface area contributed by atoms with Crippen molar-refractivity contribution < 1.29 is 14.7 Å². The Balaban J connectivity index is 1.46. The van der Waals surface area contributed by atoms with Crippen molar-refractivity contribution in [2.24, 2.45) is 5.92 Å². The molecule has 0 aliphatic carbocycles. The summed E-state index contributed by atoms with van der Waals surface area (Å²) in [5.41, 5.74) is 1.91. The van der Waals surface area contributed by atoms with Crippen LogP contribution >= 0.6 is 0 Å². The molecule has 1 saturated heterocycles. The Labute approximate surface area is 157 Å². The Morgan fingerprint density at radius 2 is 1.85 bits per heavy atom. The monoisotopic (exact) mass is 360 g/mol. The second-order valence-corrected chi connectivity index (χ2v) is 6.99. The number of aromatic carboxylic acids is 1. The molecule has 1 N–H and O–H groups in total. The summed E-state index contributed by atoms with van der Waals surface area (Å²) >= 11 is 0. The summed E-state index contributed by atoms with van der Waals surface area (Å²) in [4.78, 5) is 30.1. The van der Waals surface area contributed by atoms with Gasteiger partial charge in [-0.2, -0.15) is 0 Å². The summed E-state index contributed by atoms with van der Waals surface area (Å²) in [7, 11) is 0. The molecule has 2 aromatic carbocycles. The number of carbonyl (C=O) groups excluding carboxylic acids is 1. The van der Waals surface area contributed by atoms with E-state index in [0.29, 0.717) is 23.7 Å². The van der Waals surface area contributed by atoms with Crippen LogP contribution in [0.5, 0.6) is 0 Å². The van der Waals surface area contributed by atoms with Crippen LogP contribution in [0.2, 0.25) is 0 Å². The number of nitrogens with zero attached hydrogens (tertiary/aromatic N) is 2. The van der Waals surface area contributed by atoms with E-state index < -0.39 is 5.97 Å². The van der Waals surface area contributed by atoms with Gasteiger partial charge in [-0.05, 0) is 47.9 Å². The van der Waals surface area contributed by atoms with Crippen LogP contribution in [0.1, 0.15) is 32.8 Å². The highest BCUT2D eigenvalue weighted by atomic mass is 16.4. The number of pyridine rings is 1. The highest BCUT2D eigenvalue weighted by molar-refractivity contribution is 6.05. The molecular formula is C22H20N2O3. The van der Waals surface area contributed by atoms with Gasteiger partial charge in [0.15, 0.2) is 0 Å². The third-order valence-corrected chi connectivity index (χ3v) is 5.17. The van der Waals surface area contributed by atoms with E-state index in [-0.39, 0.29) is 5.91 Å². The quantitative estimate of drug-likeness (QED) is 0.771. The number of carbonyl (C=O) groups is 2. The Bertz CT molecular complexity index is 993. The van der Waals surface area contributed by atoms with Gasteiger partial charge in [-0.1, -0.05) is 36.4 Å². The Morgan fingerprint density at radius 1 is 1.07 bits per heavy atom. The summed E-state index contributed by atoms with van der Waals surface area (Å²) in [5, 5.41) is 10.9. The molecule has 1 aliphatic heterocycles. The zero-order chi connectivity index (χ0) is 18.8. The third kappa shape index (κ3) is 3.53. The van der Waals surface area contributed by atoms with Crippen LogP contribution in [-0.4, -0.2) is 40.0 Å². The lowest BCUT2D eigenvalue weighted by Gasteiger charge is -2.17. The van der Waals surface area contributed by atoms with Crippen molar-refractivity contribution in [3.63, 3.8) is 0 Å². The van der Waals surface area contributed by atoms with E-state index in [1.165, 1.54) is 0 Å². The predicted octanol–water partition coefficient (Wildman–Crippen LogP) is 3.64. The number of benzene rings is 2. The van der Waals surface area contributed by atoms with Gasteiger partial charge in [-0.3, -0.25) is 9.78 Å². The molecule has 5 nitrogen and oxygen atoms in total. The summed E-state index contributed by atoms with van der Waals surface area (Å²) in [5.74, 6) is -0.558. The smallest absolute Gasteiger partial charge is 0.335 e. The number of likely N-dealkylation sites (tertiary alicyclic amines) is 1. The SMILES string of the molecule is O=C(O)c1ccc(C[C@@H]2CCN(C(=O)c3nccc4ccccc34)C2)cc1. The summed E-state index contributed by atoms with van der Waals surface area (Å²) in [6.07, 6.45) is 3.47. The number of carboxylic acids is 1. The molecule has 0 radical (unpaired) electrons. The average molecular weight is 360 g/mol. The van der Waals surface area contributed by atoms with Crippen molar-refractivity contribution in [2.45, 2.75) is 12.8 Å². The standard InChI is InChI=1S/C22H20N2O3/c25-21(20-19-4-2-1-3-17(19)9-11-23-20)24-12-10-16(14-24)13-15-5-7-18(8-6-15)22(26)27/h1-9,11,16H,10,12-14H2,(H,26,27)/t16-/m0/s1. The number of rotatable bonds is 4. The molecule has 1 amide bonds. The highest BCUT2D eigenvalue weighted by Gasteiger charge is 2.28. The fourth-order valence-corrected chi connectivity index (χ4v) is 3.74. The van der Waals surface area contributed by atoms with Crippen LogP contribution in [0.4, 0.5) is 0 Å². The molecule has 0 saturated carbocycles. The molecule has 5 heteroatoms. The lowest BCUT2D eigenvalue weighted by Crippen LogP contribution is -2.29. The zero-order valence-corrected chi connectivity index (χ0v) is 14.8. The van der Waals surface area contributed by atoms with Gasteiger partial charge in [0.1, 0.15) is 5.69 Å². The second kappa shape index (κ2) is 7.19. The summed E-state index contributed by atoms with van der Waals surface area (Å²) in [6.45, 7) is 1.42. The maximum Gasteiger partial charge on any atom is 0.335 e. The van der Waals surface area contributed by atoms with Gasteiger partial charge in [0.25, 0.3) is 5.91 Å². The Hall–Kier alpha value is -3.21. The molecule has 1 fully saturated rings. The summed E-state index contributed by atoms with van der Waals surface area (Å²) in [6, 6.07) is 16.7. The minimum absolute atomic E-state index is 0.0180. The molecular weight excluding hydrogens is 340 g/mol. The van der Waals surface area contributed by atoms with Crippen LogP contribution in [0.25, 0.3) is 10.8 Å². The average Bonchev–Trinajstić information content (AvgIpc) is 3.16. The first-order chi connectivity index (χ1) is 13.1. The van der Waals surface area contributed by atoms with Crippen LogP contribution in [0.15, 0.2) is 60.8 Å². The van der Waals surface area contributed by atoms with Crippen LogP contribution in [0, 0.1) is 5.92 Å². The molecule has 1 atom stereocenters. The number of aromatic nitrogens is 1. The third-order valence-electron chi connectivity index (χ3n) is 5.17. The highest BCUT2D eigenvalue weighted by Crippen LogP contribution is 2.24. The molecule has 1 aliphatic rings. The Morgan fingerprint density at radius 3 is 2.63 bits per heavy atom. The second-order valence-electron chi connectivity index (χ2n) is 6.99. The molecule has 0 spiro atoms. The van der Waals surface area contributed by atoms with Gasteiger partial charge in [0, 0.05) is 24.7 Å². The first-order valence-corrected chi connectivity index (χ1v) is 9.07. The van der Waals surface area contributed by atoms with E-state index in [1.54, 1.807) is 18.3 Å². The van der Waals surface area contributed by atoms with Gasteiger partial charge in [-0.15, -0.1) is 0 Å².